The Bertz CT molecular complexity index is 1370. The molecule has 1 spiro atoms. The van der Waals surface area contributed by atoms with Crippen LogP contribution in [-0.4, -0.2) is 81.5 Å². The smallest absolute Gasteiger partial charge is 0.251 e. The third-order valence-electron chi connectivity index (χ3n) is 8.66. The lowest BCUT2D eigenvalue weighted by molar-refractivity contribution is -0.144. The summed E-state index contributed by atoms with van der Waals surface area (Å²) in [4.78, 5) is 47.6. The molecule has 0 saturated carbocycles. The minimum atomic E-state index is -0.893. The van der Waals surface area contributed by atoms with E-state index in [-0.39, 0.29) is 35.5 Å². The number of fused-ring (bicyclic) bond motifs is 3. The summed E-state index contributed by atoms with van der Waals surface area (Å²) in [6.45, 7) is 4.53. The van der Waals surface area contributed by atoms with Crippen LogP contribution in [0.5, 0.6) is 0 Å². The van der Waals surface area contributed by atoms with Crippen molar-refractivity contribution in [2.75, 3.05) is 31.6 Å². The Hall–Kier alpha value is -3.10. The minimum absolute atomic E-state index is 0.0649. The topological polar surface area (TPSA) is 81.2 Å². The normalized spacial score (nSPS) is 31.5. The van der Waals surface area contributed by atoms with Gasteiger partial charge in [-0.15, -0.1) is 11.8 Å². The van der Waals surface area contributed by atoms with Gasteiger partial charge < -0.3 is 19.8 Å². The highest BCUT2D eigenvalue weighted by molar-refractivity contribution is 8.02. The molecule has 7 nitrogen and oxygen atoms in total. The van der Waals surface area contributed by atoms with Crippen molar-refractivity contribution in [1.29, 1.82) is 0 Å². The Morgan fingerprint density at radius 1 is 1.00 bits per heavy atom. The number of benzene rings is 2. The number of carbonyl (C=O) groups excluding carboxylic acids is 3. The summed E-state index contributed by atoms with van der Waals surface area (Å²) < 4.78 is -0.893. The van der Waals surface area contributed by atoms with Gasteiger partial charge in [0.25, 0.3) is 5.91 Å². The van der Waals surface area contributed by atoms with Crippen molar-refractivity contribution in [3.8, 4) is 0 Å². The van der Waals surface area contributed by atoms with Crippen LogP contribution in [-0.2, 0) is 14.4 Å². The van der Waals surface area contributed by atoms with E-state index in [4.69, 9.17) is 0 Å². The van der Waals surface area contributed by atoms with Crippen LogP contribution in [0.15, 0.2) is 66.8 Å². The predicted octanol–water partition coefficient (Wildman–Crippen LogP) is 3.09. The van der Waals surface area contributed by atoms with Crippen LogP contribution in [0.4, 0.5) is 5.69 Å². The third-order valence-corrected chi connectivity index (χ3v) is 10.4. The van der Waals surface area contributed by atoms with Gasteiger partial charge in [0.2, 0.25) is 11.8 Å². The molecular formula is C30H33N3O4S. The van der Waals surface area contributed by atoms with Crippen LogP contribution in [0.2, 0.25) is 0 Å². The molecule has 4 heterocycles. The lowest BCUT2D eigenvalue weighted by Gasteiger charge is -2.39. The van der Waals surface area contributed by atoms with Crippen molar-refractivity contribution < 1.29 is 19.5 Å². The molecule has 1 N–H and O–H groups in total. The Morgan fingerprint density at radius 3 is 2.50 bits per heavy atom. The van der Waals surface area contributed by atoms with Gasteiger partial charge in [0.15, 0.2) is 0 Å². The zero-order chi connectivity index (χ0) is 26.8. The number of amides is 3. The van der Waals surface area contributed by atoms with Gasteiger partial charge >= 0.3 is 0 Å². The van der Waals surface area contributed by atoms with E-state index in [9.17, 15) is 19.5 Å². The van der Waals surface area contributed by atoms with E-state index in [2.05, 4.69) is 0 Å². The van der Waals surface area contributed by atoms with Gasteiger partial charge in [0.05, 0.1) is 29.2 Å². The number of rotatable bonds is 4. The Morgan fingerprint density at radius 2 is 1.76 bits per heavy atom. The summed E-state index contributed by atoms with van der Waals surface area (Å²) >= 11 is 1.57. The van der Waals surface area contributed by atoms with Crippen LogP contribution in [0.25, 0.3) is 10.8 Å². The predicted molar refractivity (Wildman–Crippen MR) is 150 cm³/mol. The van der Waals surface area contributed by atoms with Gasteiger partial charge in [0.1, 0.15) is 6.04 Å². The molecule has 1 unspecified atom stereocenters. The molecule has 0 aromatic heterocycles. The van der Waals surface area contributed by atoms with Gasteiger partial charge in [-0.1, -0.05) is 68.5 Å². The maximum Gasteiger partial charge on any atom is 0.251 e. The van der Waals surface area contributed by atoms with Crippen molar-refractivity contribution >= 4 is 45.9 Å². The molecule has 38 heavy (non-hydrogen) atoms. The number of nitrogens with zero attached hydrogens (tertiary/aromatic N) is 3. The molecule has 6 atom stereocenters. The highest BCUT2D eigenvalue weighted by Crippen LogP contribution is 2.61. The van der Waals surface area contributed by atoms with E-state index in [0.29, 0.717) is 13.1 Å². The lowest BCUT2D eigenvalue weighted by atomic mass is 9.78. The molecule has 4 aliphatic rings. The second-order valence-electron chi connectivity index (χ2n) is 11.1. The molecule has 0 aliphatic carbocycles. The Labute approximate surface area is 227 Å². The van der Waals surface area contributed by atoms with Crippen molar-refractivity contribution in [1.82, 2.24) is 9.80 Å². The average molecular weight is 532 g/mol. The van der Waals surface area contributed by atoms with Gasteiger partial charge in [-0.25, -0.2) is 0 Å². The maximum absolute atomic E-state index is 14.6. The molecule has 3 amide bonds. The molecule has 6 rings (SSSR count). The zero-order valence-corrected chi connectivity index (χ0v) is 22.7. The summed E-state index contributed by atoms with van der Waals surface area (Å²) in [5.74, 6) is -1.75. The molecule has 2 fully saturated rings. The summed E-state index contributed by atoms with van der Waals surface area (Å²) in [5, 5.41) is 12.4. The largest absolute Gasteiger partial charge is 0.394 e. The van der Waals surface area contributed by atoms with Gasteiger partial charge in [-0.3, -0.25) is 14.4 Å². The lowest BCUT2D eigenvalue weighted by Crippen LogP contribution is -2.57. The van der Waals surface area contributed by atoms with Crippen LogP contribution in [0.3, 0.4) is 0 Å². The first kappa shape index (κ1) is 25.2. The first-order valence-corrected chi connectivity index (χ1v) is 14.2. The number of aliphatic hydroxyl groups is 1. The molecule has 0 radical (unpaired) electrons. The standard InChI is InChI=1S/C30H33N3O4S/c1-18(2)22(17-34)33-26-29(37)32(21-12-11-19-8-4-5-9-20(19)16-21)15-7-13-30(26)25(28(33)36)24-23(38-30)10-6-14-31(3)27(24)35/h4-13,16,18,22-26,34H,14-15,17H2,1-3H3/t22-,23+,24-,25-,26?,30-/m0/s1. The number of likely N-dealkylation sites (N-methyl/N-ethyl adjacent to an activating group) is 1. The summed E-state index contributed by atoms with van der Waals surface area (Å²) in [7, 11) is 1.76. The monoisotopic (exact) mass is 531 g/mol. The quantitative estimate of drug-likeness (QED) is 0.614. The first-order chi connectivity index (χ1) is 18.3. The summed E-state index contributed by atoms with van der Waals surface area (Å²) in [5.41, 5.74) is 0.768. The van der Waals surface area contributed by atoms with E-state index in [1.807, 2.05) is 80.6 Å². The second kappa shape index (κ2) is 9.27. The molecule has 2 saturated heterocycles. The number of anilines is 1. The molecule has 4 aliphatic heterocycles. The fourth-order valence-corrected chi connectivity index (χ4v) is 8.75. The number of hydrogen-bond donors (Lipinski definition) is 1. The Balaban J connectivity index is 1.50. The number of carbonyl (C=O) groups is 3. The second-order valence-corrected chi connectivity index (χ2v) is 12.6. The average Bonchev–Trinajstić information content (AvgIpc) is 3.23. The number of hydrogen-bond acceptors (Lipinski definition) is 5. The van der Waals surface area contributed by atoms with Crippen LogP contribution >= 0.6 is 11.8 Å². The van der Waals surface area contributed by atoms with Crippen LogP contribution < -0.4 is 4.90 Å². The molecular weight excluding hydrogens is 498 g/mol. The number of aliphatic hydroxyl groups excluding tert-OH is 1. The molecule has 2 aromatic rings. The maximum atomic E-state index is 14.6. The molecule has 0 bridgehead atoms. The molecule has 2 aromatic carbocycles. The van der Waals surface area contributed by atoms with E-state index in [1.54, 1.807) is 33.5 Å². The SMILES string of the molecule is CC(C)[C@H](CO)N1C(=O)[C@@H]2[C@H]3C(=O)N(C)CC=C[C@H]3S[C@@]23C=CCN(c2ccc4ccccc4c2)C(=O)C13. The van der Waals surface area contributed by atoms with Crippen molar-refractivity contribution in [2.24, 2.45) is 17.8 Å². The van der Waals surface area contributed by atoms with E-state index >= 15 is 0 Å². The van der Waals surface area contributed by atoms with Crippen molar-refractivity contribution in [3.05, 3.63) is 66.8 Å². The first-order valence-electron chi connectivity index (χ1n) is 13.3. The minimum Gasteiger partial charge on any atom is -0.394 e. The van der Waals surface area contributed by atoms with Crippen LogP contribution in [0.1, 0.15) is 13.8 Å². The number of thioether (sulfide) groups is 1. The zero-order valence-electron chi connectivity index (χ0n) is 21.9. The van der Waals surface area contributed by atoms with E-state index in [0.717, 1.165) is 16.5 Å². The third kappa shape index (κ3) is 3.57. The Kier molecular flexibility index (Phi) is 6.15. The fourth-order valence-electron chi connectivity index (χ4n) is 6.76. The fraction of sp³-hybridized carbons (Fsp3) is 0.433. The molecule has 198 valence electrons. The van der Waals surface area contributed by atoms with Gasteiger partial charge in [-0.2, -0.15) is 0 Å². The van der Waals surface area contributed by atoms with Crippen LogP contribution in [0, 0.1) is 17.8 Å². The van der Waals surface area contributed by atoms with E-state index < -0.39 is 28.7 Å². The highest BCUT2D eigenvalue weighted by atomic mass is 32.2. The van der Waals surface area contributed by atoms with Gasteiger partial charge in [0, 0.05) is 31.1 Å². The van der Waals surface area contributed by atoms with E-state index in [1.165, 1.54) is 0 Å². The number of likely N-dealkylation sites (tertiary alicyclic amines) is 1. The van der Waals surface area contributed by atoms with Crippen molar-refractivity contribution in [3.63, 3.8) is 0 Å². The summed E-state index contributed by atoms with van der Waals surface area (Å²) in [6.07, 6.45) is 8.03. The highest BCUT2D eigenvalue weighted by Gasteiger charge is 2.71. The van der Waals surface area contributed by atoms with Crippen molar-refractivity contribution in [2.45, 2.75) is 35.9 Å². The molecule has 8 heteroatoms. The van der Waals surface area contributed by atoms with Gasteiger partial charge in [-0.05, 0) is 28.8 Å². The summed E-state index contributed by atoms with van der Waals surface area (Å²) in [6, 6.07) is 12.6.